The van der Waals surface area contributed by atoms with Crippen LogP contribution in [0.3, 0.4) is 0 Å². The number of phenols is 2. The van der Waals surface area contributed by atoms with Crippen LogP contribution in [0.25, 0.3) is 0 Å². The number of fused-ring (bicyclic) bond motifs is 6. The first-order chi connectivity index (χ1) is 22.4. The molecule has 3 heterocycles. The molecule has 2 fully saturated rings. The highest BCUT2D eigenvalue weighted by molar-refractivity contribution is 6.03. The lowest BCUT2D eigenvalue weighted by Crippen LogP contribution is -2.49. The van der Waals surface area contributed by atoms with Crippen molar-refractivity contribution >= 4 is 17.6 Å². The predicted molar refractivity (Wildman–Crippen MR) is 172 cm³/mol. The van der Waals surface area contributed by atoms with Gasteiger partial charge in [0.2, 0.25) is 5.91 Å². The number of phenolic OH excluding ortho intramolecular Hbond substituents is 2. The molecule has 234 valence electrons. The minimum Gasteiger partial charge on any atom is -0.508 e. The normalized spacial score (nSPS) is 25.1. The Kier molecular flexibility index (Phi) is 6.79. The number of carbonyl (C=O) groups excluding carboxylic acids is 2. The van der Waals surface area contributed by atoms with Gasteiger partial charge in [-0.2, -0.15) is 0 Å². The van der Waals surface area contributed by atoms with Crippen LogP contribution in [0.2, 0.25) is 0 Å². The largest absolute Gasteiger partial charge is 0.508 e. The summed E-state index contributed by atoms with van der Waals surface area (Å²) in [6, 6.07) is 25.4. The van der Waals surface area contributed by atoms with Crippen LogP contribution in [0.5, 0.6) is 23.0 Å². The van der Waals surface area contributed by atoms with Crippen molar-refractivity contribution in [3.05, 3.63) is 113 Å². The molecule has 8 nitrogen and oxygen atoms in total. The van der Waals surface area contributed by atoms with Gasteiger partial charge in [-0.25, -0.2) is 4.79 Å². The molecular formula is C38H36N2O6. The third-order valence-corrected chi connectivity index (χ3v) is 10.6. The Balaban J connectivity index is 1.21. The zero-order valence-corrected chi connectivity index (χ0v) is 25.5. The molecule has 1 unspecified atom stereocenters. The molecule has 4 aliphatic rings. The Bertz CT molecular complexity index is 1840. The first-order valence-corrected chi connectivity index (χ1v) is 16.2. The van der Waals surface area contributed by atoms with Crippen LogP contribution in [-0.4, -0.2) is 46.1 Å². The summed E-state index contributed by atoms with van der Waals surface area (Å²) in [6.45, 7) is 2.23. The summed E-state index contributed by atoms with van der Waals surface area (Å²) in [5, 5.41) is 24.8. The number of aromatic hydroxyl groups is 2. The van der Waals surface area contributed by atoms with Crippen LogP contribution in [0.1, 0.15) is 77.6 Å². The molecule has 3 aliphatic heterocycles. The number of benzene rings is 4. The quantitative estimate of drug-likeness (QED) is 0.168. The van der Waals surface area contributed by atoms with Gasteiger partial charge in [0, 0.05) is 23.2 Å². The Hall–Kier alpha value is -4.82. The van der Waals surface area contributed by atoms with Gasteiger partial charge in [0.25, 0.3) is 0 Å². The van der Waals surface area contributed by atoms with Crippen molar-refractivity contribution in [1.29, 1.82) is 0 Å². The summed E-state index contributed by atoms with van der Waals surface area (Å²) < 4.78 is 12.6. The fourth-order valence-corrected chi connectivity index (χ4v) is 8.22. The molecule has 1 saturated carbocycles. The van der Waals surface area contributed by atoms with E-state index in [9.17, 15) is 19.8 Å². The number of nitrogens with zero attached hydrogens (tertiary/aromatic N) is 1. The number of anilines is 1. The molecular weight excluding hydrogens is 580 g/mol. The number of amides is 1. The van der Waals surface area contributed by atoms with Gasteiger partial charge in [0.15, 0.2) is 11.4 Å². The first-order valence-electron chi connectivity index (χ1n) is 16.2. The smallest absolute Gasteiger partial charge is 0.340 e. The summed E-state index contributed by atoms with van der Waals surface area (Å²) in [7, 11) is 0. The number of nitrogens with one attached hydrogen (secondary N) is 1. The predicted octanol–water partition coefficient (Wildman–Crippen LogP) is 6.97. The molecule has 4 aromatic rings. The summed E-state index contributed by atoms with van der Waals surface area (Å²) in [5.74, 6) is -0.487. The third-order valence-electron chi connectivity index (χ3n) is 10.6. The van der Waals surface area contributed by atoms with E-state index in [-0.39, 0.29) is 34.6 Å². The Labute approximate surface area is 267 Å². The molecule has 1 atom stereocenters. The van der Waals surface area contributed by atoms with E-state index in [4.69, 9.17) is 9.47 Å². The van der Waals surface area contributed by atoms with Gasteiger partial charge >= 0.3 is 5.97 Å². The lowest BCUT2D eigenvalue weighted by molar-refractivity contribution is -0.123. The summed E-state index contributed by atoms with van der Waals surface area (Å²) >= 11 is 0. The van der Waals surface area contributed by atoms with Gasteiger partial charge in [0.1, 0.15) is 22.9 Å². The lowest BCUT2D eigenvalue weighted by atomic mass is 9.67. The minimum atomic E-state index is -1.40. The maximum atomic E-state index is 14.7. The van der Waals surface area contributed by atoms with Gasteiger partial charge in [-0.15, -0.1) is 0 Å². The van der Waals surface area contributed by atoms with Gasteiger partial charge in [-0.3, -0.25) is 4.79 Å². The Morgan fingerprint density at radius 3 is 2.33 bits per heavy atom. The van der Waals surface area contributed by atoms with E-state index in [1.54, 1.807) is 24.3 Å². The molecule has 46 heavy (non-hydrogen) atoms. The van der Waals surface area contributed by atoms with E-state index < -0.39 is 17.0 Å². The van der Waals surface area contributed by atoms with E-state index in [2.05, 4.69) is 10.2 Å². The molecule has 1 aliphatic carbocycles. The van der Waals surface area contributed by atoms with Crippen molar-refractivity contribution in [3.63, 3.8) is 0 Å². The molecule has 1 saturated heterocycles. The van der Waals surface area contributed by atoms with E-state index in [0.717, 1.165) is 31.5 Å². The van der Waals surface area contributed by atoms with Crippen LogP contribution in [0.4, 0.5) is 5.69 Å². The zero-order chi connectivity index (χ0) is 31.5. The van der Waals surface area contributed by atoms with E-state index >= 15 is 0 Å². The van der Waals surface area contributed by atoms with Gasteiger partial charge in [-0.05, 0) is 87.5 Å². The number of hydrogen-bond acceptors (Lipinski definition) is 7. The zero-order valence-electron chi connectivity index (χ0n) is 25.5. The van der Waals surface area contributed by atoms with Gasteiger partial charge in [-0.1, -0.05) is 55.0 Å². The topological polar surface area (TPSA) is 108 Å². The maximum absolute atomic E-state index is 14.7. The van der Waals surface area contributed by atoms with E-state index in [1.165, 1.54) is 37.5 Å². The molecule has 0 bridgehead atoms. The van der Waals surface area contributed by atoms with Crippen molar-refractivity contribution in [3.8, 4) is 23.0 Å². The van der Waals surface area contributed by atoms with Crippen molar-refractivity contribution < 1.29 is 29.3 Å². The molecule has 0 radical (unpaired) electrons. The van der Waals surface area contributed by atoms with Crippen LogP contribution in [0, 0.1) is 0 Å². The SMILES string of the molecule is O=C1OC2(c3ccc(O)cc3Oc3c2ccc(O)c3NC(=O)C2(c3ccccc3)CCC(N3CCCCC3)CC2)c2ccccc21. The third kappa shape index (κ3) is 4.31. The average molecular weight is 617 g/mol. The fraction of sp³-hybridized carbons (Fsp3) is 0.316. The summed E-state index contributed by atoms with van der Waals surface area (Å²) in [5.41, 5.74) is 0.886. The summed E-state index contributed by atoms with van der Waals surface area (Å²) in [4.78, 5) is 30.5. The second-order valence-corrected chi connectivity index (χ2v) is 13.0. The number of hydrogen-bond donors (Lipinski definition) is 3. The number of piperidine rings is 1. The number of ether oxygens (including phenoxy) is 2. The van der Waals surface area contributed by atoms with E-state index in [1.807, 2.05) is 42.5 Å². The molecule has 4 aromatic carbocycles. The van der Waals surface area contributed by atoms with Gasteiger partial charge < -0.3 is 29.9 Å². The van der Waals surface area contributed by atoms with Crippen LogP contribution >= 0.6 is 0 Å². The van der Waals surface area contributed by atoms with Gasteiger partial charge in [0.05, 0.1) is 16.5 Å². The lowest BCUT2D eigenvalue weighted by Gasteiger charge is -2.44. The van der Waals surface area contributed by atoms with Crippen LogP contribution < -0.4 is 10.1 Å². The van der Waals surface area contributed by atoms with Crippen LogP contribution in [0.15, 0.2) is 84.9 Å². The van der Waals surface area contributed by atoms with Crippen molar-refractivity contribution in [2.75, 3.05) is 18.4 Å². The number of carbonyl (C=O) groups is 2. The fourth-order valence-electron chi connectivity index (χ4n) is 8.22. The average Bonchev–Trinajstić information content (AvgIpc) is 3.39. The number of esters is 1. The van der Waals surface area contributed by atoms with E-state index in [0.29, 0.717) is 41.1 Å². The van der Waals surface area contributed by atoms with Crippen molar-refractivity contribution in [2.24, 2.45) is 0 Å². The standard InChI is InChI=1S/C38H36N2O6/c41-26-13-14-29-32(23-26)45-34-30(38(29)28-12-6-5-11-27(28)35(43)46-38)15-16-31(42)33(34)39-36(44)37(24-9-3-1-4-10-24)19-17-25(18-20-37)40-21-7-2-8-22-40/h1,3-6,9-16,23,25,41-42H,2,7-8,17-22H2,(H,39,44). The highest BCUT2D eigenvalue weighted by Crippen LogP contribution is 2.59. The Morgan fingerprint density at radius 2 is 1.54 bits per heavy atom. The highest BCUT2D eigenvalue weighted by Gasteiger charge is 2.54. The molecule has 8 rings (SSSR count). The maximum Gasteiger partial charge on any atom is 0.340 e. The first kappa shape index (κ1) is 28.6. The monoisotopic (exact) mass is 616 g/mol. The molecule has 1 spiro atoms. The Morgan fingerprint density at radius 1 is 0.826 bits per heavy atom. The molecule has 1 amide bonds. The minimum absolute atomic E-state index is 0.0332. The second-order valence-electron chi connectivity index (χ2n) is 13.0. The molecule has 0 aromatic heterocycles. The number of rotatable bonds is 4. The van der Waals surface area contributed by atoms with Crippen molar-refractivity contribution in [2.45, 2.75) is 62.0 Å². The summed E-state index contributed by atoms with van der Waals surface area (Å²) in [6.07, 6.45) is 6.88. The van der Waals surface area contributed by atoms with Crippen molar-refractivity contribution in [1.82, 2.24) is 4.90 Å². The molecule has 8 heteroatoms. The number of likely N-dealkylation sites (tertiary alicyclic amines) is 1. The van der Waals surface area contributed by atoms with Crippen LogP contribution in [-0.2, 0) is 20.5 Å². The second kappa shape index (κ2) is 10.9. The molecule has 3 N–H and O–H groups in total. The highest BCUT2D eigenvalue weighted by atomic mass is 16.6.